The number of hydrogen-bond acceptors (Lipinski definition) is 4. The molecule has 0 radical (unpaired) electrons. The normalized spacial score (nSPS) is 14.8. The molecule has 0 aliphatic carbocycles. The Kier molecular flexibility index (Phi) is 6.16. The highest BCUT2D eigenvalue weighted by molar-refractivity contribution is 6.30. The maximum Gasteiger partial charge on any atom is 0.293 e. The van der Waals surface area contributed by atoms with E-state index < -0.39 is 4.92 Å². The van der Waals surface area contributed by atoms with E-state index in [0.29, 0.717) is 5.02 Å². The van der Waals surface area contributed by atoms with Crippen molar-refractivity contribution in [3.63, 3.8) is 0 Å². The molecule has 7 nitrogen and oxygen atoms in total. The molecule has 148 valence electrons. The van der Waals surface area contributed by atoms with E-state index in [1.165, 1.54) is 6.07 Å². The number of hydrogen-bond donors (Lipinski definition) is 2. The third kappa shape index (κ3) is 4.79. The maximum absolute atomic E-state index is 12.5. The molecular formula is C20H24ClN4O3+. The minimum atomic E-state index is -0.460. The Morgan fingerprint density at radius 1 is 1.21 bits per heavy atom. The second kappa shape index (κ2) is 8.58. The Balaban J connectivity index is 1.58. The van der Waals surface area contributed by atoms with E-state index in [0.717, 1.165) is 47.9 Å². The van der Waals surface area contributed by atoms with E-state index in [4.69, 9.17) is 11.6 Å². The summed E-state index contributed by atoms with van der Waals surface area (Å²) in [5, 5.41) is 14.7. The third-order valence-corrected chi connectivity index (χ3v) is 5.37. The number of anilines is 2. The van der Waals surface area contributed by atoms with Gasteiger partial charge in [-0.3, -0.25) is 14.9 Å². The van der Waals surface area contributed by atoms with Gasteiger partial charge in [0.15, 0.2) is 6.54 Å². The molecule has 1 aliphatic rings. The van der Waals surface area contributed by atoms with Crippen LogP contribution in [0.15, 0.2) is 36.4 Å². The van der Waals surface area contributed by atoms with Crippen molar-refractivity contribution in [1.29, 1.82) is 0 Å². The Morgan fingerprint density at radius 3 is 2.54 bits per heavy atom. The molecule has 0 bridgehead atoms. The zero-order valence-electron chi connectivity index (χ0n) is 16.0. The van der Waals surface area contributed by atoms with Crippen LogP contribution >= 0.6 is 11.6 Å². The quantitative estimate of drug-likeness (QED) is 0.592. The number of rotatable bonds is 5. The minimum Gasteiger partial charge on any atom is -0.360 e. The summed E-state index contributed by atoms with van der Waals surface area (Å²) >= 11 is 6.06. The van der Waals surface area contributed by atoms with Crippen molar-refractivity contribution in [2.45, 2.75) is 13.8 Å². The van der Waals surface area contributed by atoms with E-state index in [-0.39, 0.29) is 23.8 Å². The molecule has 0 spiro atoms. The molecule has 1 fully saturated rings. The number of halogens is 1. The number of nitro benzene ring substituents is 1. The van der Waals surface area contributed by atoms with Crippen LogP contribution in [0.2, 0.25) is 5.02 Å². The number of carbonyl (C=O) groups is 1. The molecule has 1 amide bonds. The number of nitrogens with zero attached hydrogens (tertiary/aromatic N) is 2. The average Bonchev–Trinajstić information content (AvgIpc) is 2.65. The van der Waals surface area contributed by atoms with Crippen molar-refractivity contribution in [3.05, 3.63) is 62.7 Å². The topological polar surface area (TPSA) is 79.9 Å². The highest BCUT2D eigenvalue weighted by Crippen LogP contribution is 2.27. The van der Waals surface area contributed by atoms with Crippen LogP contribution in [0.5, 0.6) is 0 Å². The standard InChI is InChI=1S/C20H23ClN4O3/c1-14-10-18(19(25(27)28)11-15(14)2)22-20(26)13-23-6-8-24(9-7-23)17-5-3-4-16(21)12-17/h3-5,10-12H,6-9,13H2,1-2H3,(H,22,26)/p+1. The fourth-order valence-electron chi connectivity index (χ4n) is 3.40. The molecule has 3 rings (SSSR count). The van der Waals surface area contributed by atoms with Crippen molar-refractivity contribution < 1.29 is 14.6 Å². The summed E-state index contributed by atoms with van der Waals surface area (Å²) in [6.07, 6.45) is 0. The van der Waals surface area contributed by atoms with Gasteiger partial charge in [-0.05, 0) is 49.2 Å². The monoisotopic (exact) mass is 403 g/mol. The second-order valence-electron chi connectivity index (χ2n) is 7.15. The summed E-state index contributed by atoms with van der Waals surface area (Å²) in [6.45, 7) is 7.25. The third-order valence-electron chi connectivity index (χ3n) is 5.14. The first-order valence-electron chi connectivity index (χ1n) is 9.23. The molecule has 8 heteroatoms. The van der Waals surface area contributed by atoms with Crippen LogP contribution in [0.3, 0.4) is 0 Å². The second-order valence-corrected chi connectivity index (χ2v) is 7.59. The lowest BCUT2D eigenvalue weighted by Crippen LogP contribution is -3.15. The molecular weight excluding hydrogens is 380 g/mol. The molecule has 2 N–H and O–H groups in total. The largest absolute Gasteiger partial charge is 0.360 e. The van der Waals surface area contributed by atoms with Crippen molar-refractivity contribution in [3.8, 4) is 0 Å². The van der Waals surface area contributed by atoms with E-state index in [9.17, 15) is 14.9 Å². The Labute approximate surface area is 169 Å². The smallest absolute Gasteiger partial charge is 0.293 e. The summed E-state index contributed by atoms with van der Waals surface area (Å²) in [4.78, 5) is 26.7. The number of amides is 1. The number of benzene rings is 2. The van der Waals surface area contributed by atoms with Crippen molar-refractivity contribution >= 4 is 34.6 Å². The molecule has 1 aliphatic heterocycles. The average molecular weight is 404 g/mol. The van der Waals surface area contributed by atoms with Crippen LogP contribution in [-0.2, 0) is 4.79 Å². The van der Waals surface area contributed by atoms with Crippen molar-refractivity contribution in [1.82, 2.24) is 0 Å². The van der Waals surface area contributed by atoms with Crippen LogP contribution in [-0.4, -0.2) is 43.6 Å². The number of nitrogens with one attached hydrogen (secondary N) is 2. The van der Waals surface area contributed by atoms with Gasteiger partial charge in [-0.25, -0.2) is 0 Å². The van der Waals surface area contributed by atoms with E-state index in [1.807, 2.05) is 38.1 Å². The van der Waals surface area contributed by atoms with Crippen molar-refractivity contribution in [2.24, 2.45) is 0 Å². The maximum atomic E-state index is 12.5. The van der Waals surface area contributed by atoms with Crippen LogP contribution in [0.1, 0.15) is 11.1 Å². The number of aryl methyl sites for hydroxylation is 2. The zero-order chi connectivity index (χ0) is 20.3. The van der Waals surface area contributed by atoms with E-state index in [2.05, 4.69) is 10.2 Å². The summed E-state index contributed by atoms with van der Waals surface area (Å²) in [6, 6.07) is 10.9. The molecule has 0 saturated carbocycles. The van der Waals surface area contributed by atoms with Gasteiger partial charge >= 0.3 is 0 Å². The van der Waals surface area contributed by atoms with Crippen LogP contribution in [0.25, 0.3) is 0 Å². The first-order valence-corrected chi connectivity index (χ1v) is 9.61. The molecule has 0 aromatic heterocycles. The lowest BCUT2D eigenvalue weighted by atomic mass is 10.1. The predicted molar refractivity (Wildman–Crippen MR) is 110 cm³/mol. The molecule has 28 heavy (non-hydrogen) atoms. The van der Waals surface area contributed by atoms with Gasteiger partial charge in [0.25, 0.3) is 11.6 Å². The molecule has 1 saturated heterocycles. The predicted octanol–water partition coefficient (Wildman–Crippen LogP) is 2.21. The number of nitro groups is 1. The van der Waals surface area contributed by atoms with Gasteiger partial charge in [-0.15, -0.1) is 0 Å². The number of piperazine rings is 1. The van der Waals surface area contributed by atoms with Gasteiger partial charge in [-0.1, -0.05) is 17.7 Å². The highest BCUT2D eigenvalue weighted by Gasteiger charge is 2.24. The SMILES string of the molecule is Cc1cc(NC(=O)C[NH+]2CCN(c3cccc(Cl)c3)CC2)c([N+](=O)[O-])cc1C. The van der Waals surface area contributed by atoms with Gasteiger partial charge in [-0.2, -0.15) is 0 Å². The minimum absolute atomic E-state index is 0.0720. The van der Waals surface area contributed by atoms with Gasteiger partial charge < -0.3 is 15.1 Å². The van der Waals surface area contributed by atoms with Gasteiger partial charge in [0, 0.05) is 16.8 Å². The van der Waals surface area contributed by atoms with E-state index >= 15 is 0 Å². The molecule has 0 unspecified atom stereocenters. The van der Waals surface area contributed by atoms with Crippen LogP contribution in [0, 0.1) is 24.0 Å². The first kappa shape index (κ1) is 20.1. The van der Waals surface area contributed by atoms with Crippen LogP contribution < -0.4 is 15.1 Å². The lowest BCUT2D eigenvalue weighted by Gasteiger charge is -2.33. The molecule has 1 heterocycles. The van der Waals surface area contributed by atoms with Crippen LogP contribution in [0.4, 0.5) is 17.1 Å². The van der Waals surface area contributed by atoms with Gasteiger partial charge in [0.2, 0.25) is 0 Å². The summed E-state index contributed by atoms with van der Waals surface area (Å²) in [5.74, 6) is -0.211. The summed E-state index contributed by atoms with van der Waals surface area (Å²) in [7, 11) is 0. The molecule has 2 aromatic carbocycles. The van der Waals surface area contributed by atoms with Crippen molar-refractivity contribution in [2.75, 3.05) is 42.9 Å². The molecule has 0 atom stereocenters. The highest BCUT2D eigenvalue weighted by atomic mass is 35.5. The first-order chi connectivity index (χ1) is 13.3. The lowest BCUT2D eigenvalue weighted by molar-refractivity contribution is -0.892. The number of quaternary nitrogens is 1. The Morgan fingerprint density at radius 2 is 1.89 bits per heavy atom. The Hall–Kier alpha value is -2.64. The van der Waals surface area contributed by atoms with E-state index in [1.54, 1.807) is 6.07 Å². The van der Waals surface area contributed by atoms with Gasteiger partial charge in [0.1, 0.15) is 5.69 Å². The molecule has 2 aromatic rings. The van der Waals surface area contributed by atoms with Gasteiger partial charge in [0.05, 0.1) is 31.1 Å². The summed E-state index contributed by atoms with van der Waals surface area (Å²) in [5.41, 5.74) is 3.00. The Bertz CT molecular complexity index is 895. The fourth-order valence-corrected chi connectivity index (χ4v) is 3.59. The zero-order valence-corrected chi connectivity index (χ0v) is 16.8. The number of carbonyl (C=O) groups excluding carboxylic acids is 1. The summed E-state index contributed by atoms with van der Waals surface area (Å²) < 4.78 is 0. The fraction of sp³-hybridized carbons (Fsp3) is 0.350.